The van der Waals surface area contributed by atoms with Gasteiger partial charge in [0.25, 0.3) is 0 Å². The lowest BCUT2D eigenvalue weighted by Crippen LogP contribution is -2.25. The first-order valence-electron chi connectivity index (χ1n) is 5.75. The lowest BCUT2D eigenvalue weighted by molar-refractivity contribution is 0.598. The second-order valence-corrected chi connectivity index (χ2v) is 11.2. The van der Waals surface area contributed by atoms with Crippen LogP contribution in [0.4, 0.5) is 5.69 Å². The van der Waals surface area contributed by atoms with Crippen LogP contribution in [0.2, 0.25) is 9.36 Å². The van der Waals surface area contributed by atoms with Gasteiger partial charge >= 0.3 is 0 Å². The molecule has 1 aromatic heterocycles. The Labute approximate surface area is 152 Å². The van der Waals surface area contributed by atoms with Crippen LogP contribution in [0.3, 0.4) is 0 Å². The van der Waals surface area contributed by atoms with Gasteiger partial charge in [0.05, 0.1) is 21.3 Å². The van der Waals surface area contributed by atoms with Crippen molar-refractivity contribution in [1.82, 2.24) is 0 Å². The van der Waals surface area contributed by atoms with Crippen LogP contribution in [0, 0.1) is 0 Å². The van der Waals surface area contributed by atoms with E-state index in [9.17, 15) is 16.8 Å². The molecule has 0 aliphatic carbocycles. The summed E-state index contributed by atoms with van der Waals surface area (Å²) in [6, 6.07) is 7.00. The highest BCUT2D eigenvalue weighted by Gasteiger charge is 2.27. The Hall–Kier alpha value is -0.490. The number of hydrogen-bond donors (Lipinski definition) is 1. The molecule has 0 saturated carbocycles. The van der Waals surface area contributed by atoms with Crippen molar-refractivity contribution >= 4 is 72.2 Å². The van der Waals surface area contributed by atoms with Crippen LogP contribution in [0.25, 0.3) is 0 Å². The number of nitrogens with zero attached hydrogens (tertiary/aromatic N) is 1. The van der Waals surface area contributed by atoms with Gasteiger partial charge in [-0.2, -0.15) is 0 Å². The summed E-state index contributed by atoms with van der Waals surface area (Å²) in [6.07, 6.45) is 0.947. The van der Waals surface area contributed by atoms with E-state index in [1.807, 2.05) is 0 Å². The van der Waals surface area contributed by atoms with Crippen molar-refractivity contribution in [2.75, 3.05) is 9.97 Å². The van der Waals surface area contributed by atoms with Gasteiger partial charge in [-0.1, -0.05) is 35.3 Å². The van der Waals surface area contributed by atoms with Gasteiger partial charge in [-0.15, -0.1) is 11.3 Å². The average molecular weight is 433 g/mol. The number of sulfonamides is 2. The summed E-state index contributed by atoms with van der Waals surface area (Å²) >= 11 is 13.7. The molecule has 0 fully saturated rings. The normalized spacial score (nSPS) is 12.3. The minimum atomic E-state index is -4.11. The Balaban J connectivity index is 2.61. The third-order valence-electron chi connectivity index (χ3n) is 2.46. The number of hydrogen-bond acceptors (Lipinski definition) is 6. The predicted octanol–water partition coefficient (Wildman–Crippen LogP) is 3.18. The quantitative estimate of drug-likeness (QED) is 0.731. The van der Waals surface area contributed by atoms with E-state index in [0.717, 1.165) is 33.3 Å². The van der Waals surface area contributed by atoms with E-state index in [1.54, 1.807) is 0 Å². The van der Waals surface area contributed by atoms with Crippen LogP contribution in [-0.4, -0.2) is 23.1 Å². The van der Waals surface area contributed by atoms with Crippen LogP contribution in [-0.2, 0) is 20.0 Å². The maximum absolute atomic E-state index is 12.1. The zero-order valence-electron chi connectivity index (χ0n) is 11.4. The van der Waals surface area contributed by atoms with Gasteiger partial charge in [0, 0.05) is 11.9 Å². The smallest absolute Gasteiger partial charge is 0.225 e. The van der Waals surface area contributed by atoms with Gasteiger partial charge in [0.1, 0.15) is 9.10 Å². The molecule has 0 amide bonds. The van der Waals surface area contributed by atoms with E-state index in [4.69, 9.17) is 28.3 Å². The first kappa shape index (κ1) is 18.8. The average Bonchev–Trinajstić information content (AvgIpc) is 2.72. The van der Waals surface area contributed by atoms with Gasteiger partial charge in [-0.25, -0.2) is 25.7 Å². The molecule has 2 N–H and O–H groups in total. The molecule has 6 nitrogen and oxygen atoms in total. The van der Waals surface area contributed by atoms with Crippen LogP contribution < -0.4 is 8.85 Å². The van der Waals surface area contributed by atoms with E-state index in [2.05, 4.69) is 0 Å². The number of benzene rings is 1. The third-order valence-corrected chi connectivity index (χ3v) is 8.06. The van der Waals surface area contributed by atoms with Crippen molar-refractivity contribution in [3.8, 4) is 0 Å². The summed E-state index contributed by atoms with van der Waals surface area (Å²) in [5, 5.41) is 5.43. The largest absolute Gasteiger partial charge is 0.242 e. The van der Waals surface area contributed by atoms with Crippen LogP contribution in [0.5, 0.6) is 0 Å². The Morgan fingerprint density at radius 3 is 2.26 bits per heavy atom. The van der Waals surface area contributed by atoms with Gasteiger partial charge in [-0.3, -0.25) is 0 Å². The number of para-hydroxylation sites is 1. The predicted molar refractivity (Wildman–Crippen MR) is 95.3 cm³/mol. The van der Waals surface area contributed by atoms with Crippen molar-refractivity contribution in [2.45, 2.75) is 9.10 Å². The molecule has 23 heavy (non-hydrogen) atoms. The lowest BCUT2D eigenvalue weighted by Gasteiger charge is -2.22. The fraction of sp³-hybridized carbons (Fsp3) is 0.0909. The molecule has 126 valence electrons. The lowest BCUT2D eigenvalue weighted by atomic mass is 10.3. The van der Waals surface area contributed by atoms with E-state index >= 15 is 0 Å². The number of halogens is 2. The van der Waals surface area contributed by atoms with Gasteiger partial charge in [0.15, 0.2) is 0 Å². The molecular weight excluding hydrogens is 423 g/mol. The van der Waals surface area contributed by atoms with Crippen LogP contribution in [0.15, 0.2) is 39.4 Å². The van der Waals surface area contributed by atoms with Crippen LogP contribution in [0.1, 0.15) is 0 Å². The Bertz CT molecular complexity index is 941. The van der Waals surface area contributed by atoms with Gasteiger partial charge in [-0.05, 0) is 18.2 Å². The zero-order valence-corrected chi connectivity index (χ0v) is 16.2. The maximum atomic E-state index is 12.1. The fourth-order valence-corrected chi connectivity index (χ4v) is 6.50. The summed E-state index contributed by atoms with van der Waals surface area (Å²) in [4.78, 5) is -0.309. The van der Waals surface area contributed by atoms with E-state index < -0.39 is 20.0 Å². The number of nitrogens with two attached hydrogens (primary N) is 1. The van der Waals surface area contributed by atoms with E-state index in [1.165, 1.54) is 30.3 Å². The molecule has 0 atom stereocenters. The molecule has 0 aliphatic heterocycles. The van der Waals surface area contributed by atoms with Crippen molar-refractivity contribution in [1.29, 1.82) is 0 Å². The maximum Gasteiger partial charge on any atom is 0.242 e. The summed E-state index contributed by atoms with van der Waals surface area (Å²) in [6.45, 7) is 0. The molecular formula is C11H10Cl2N2O4S4. The number of anilines is 1. The van der Waals surface area contributed by atoms with Gasteiger partial charge in [0.2, 0.25) is 20.0 Å². The fourth-order valence-electron chi connectivity index (χ4n) is 1.61. The number of rotatable bonds is 5. The van der Waals surface area contributed by atoms with Crippen molar-refractivity contribution in [3.05, 3.63) is 39.7 Å². The molecule has 0 radical (unpaired) electrons. The standard InChI is InChI=1S/C11H10Cl2N2O4S4/c1-22(16,17)15(21-11-7(12)6-10(13)20-11)8-4-2-3-5-9(8)23(14,18)19/h2-6H,1H3,(H2,14,18,19). The SMILES string of the molecule is CS(=O)(=O)N(Sc1sc(Cl)cc1Cl)c1ccccc1S(N)(=O)=O. The summed E-state index contributed by atoms with van der Waals surface area (Å²) < 4.78 is 49.3. The van der Waals surface area contributed by atoms with Gasteiger partial charge < -0.3 is 0 Å². The van der Waals surface area contributed by atoms with E-state index in [0.29, 0.717) is 8.55 Å². The molecule has 0 unspecified atom stereocenters. The molecule has 0 spiro atoms. The summed E-state index contributed by atoms with van der Waals surface area (Å²) in [5.74, 6) is 0. The summed E-state index contributed by atoms with van der Waals surface area (Å²) in [7, 11) is -7.94. The highest BCUT2D eigenvalue weighted by Crippen LogP contribution is 2.43. The zero-order chi connectivity index (χ0) is 17.4. The molecule has 1 aromatic carbocycles. The van der Waals surface area contributed by atoms with Crippen molar-refractivity contribution < 1.29 is 16.8 Å². The monoisotopic (exact) mass is 432 g/mol. The minimum Gasteiger partial charge on any atom is -0.225 e. The highest BCUT2D eigenvalue weighted by atomic mass is 35.5. The van der Waals surface area contributed by atoms with Crippen molar-refractivity contribution in [3.63, 3.8) is 0 Å². The molecule has 2 rings (SSSR count). The first-order chi connectivity index (χ1) is 10.5. The Kier molecular flexibility index (Phi) is 5.56. The second-order valence-electron chi connectivity index (χ2n) is 4.28. The highest BCUT2D eigenvalue weighted by molar-refractivity contribution is 8.15. The molecule has 12 heteroatoms. The second kappa shape index (κ2) is 6.79. The third kappa shape index (κ3) is 4.53. The number of thiophene rings is 1. The number of primary sulfonamides is 1. The molecule has 1 heterocycles. The topological polar surface area (TPSA) is 97.5 Å². The minimum absolute atomic E-state index is 0.0805. The Morgan fingerprint density at radius 2 is 1.78 bits per heavy atom. The van der Waals surface area contributed by atoms with Crippen LogP contribution >= 0.6 is 46.5 Å². The van der Waals surface area contributed by atoms with Crippen molar-refractivity contribution in [2.24, 2.45) is 5.14 Å². The Morgan fingerprint density at radius 1 is 1.17 bits per heavy atom. The van der Waals surface area contributed by atoms with E-state index in [-0.39, 0.29) is 15.6 Å². The molecule has 0 saturated heterocycles. The molecule has 0 aliphatic rings. The molecule has 2 aromatic rings. The molecule has 0 bridgehead atoms. The summed E-state index contributed by atoms with van der Waals surface area (Å²) in [5.41, 5.74) is -0.0805. The first-order valence-corrected chi connectivity index (χ1v) is 11.5.